The molecule has 1 aromatic rings. The van der Waals surface area contributed by atoms with Crippen LogP contribution >= 0.6 is 0 Å². The Morgan fingerprint density at radius 2 is 1.90 bits per heavy atom. The number of nitrogens with one attached hydrogen (secondary N) is 1. The van der Waals surface area contributed by atoms with Gasteiger partial charge in [-0.15, -0.1) is 0 Å². The summed E-state index contributed by atoms with van der Waals surface area (Å²) in [5.41, 5.74) is 2.21. The van der Waals surface area contributed by atoms with Gasteiger partial charge in [0.1, 0.15) is 9.84 Å². The van der Waals surface area contributed by atoms with Crippen LogP contribution in [-0.2, 0) is 21.1 Å². The lowest BCUT2D eigenvalue weighted by Gasteiger charge is -2.04. The number of aryl methyl sites for hydroxylation is 1. The number of sulfone groups is 1. The Morgan fingerprint density at radius 3 is 2.50 bits per heavy atom. The second-order valence-electron chi connectivity index (χ2n) is 4.90. The van der Waals surface area contributed by atoms with E-state index in [9.17, 15) is 13.2 Å². The maximum atomic E-state index is 11.6. The summed E-state index contributed by atoms with van der Waals surface area (Å²) in [7, 11) is -3.03. The normalized spacial score (nSPS) is 12.2. The van der Waals surface area contributed by atoms with E-state index in [-0.39, 0.29) is 18.2 Å². The highest BCUT2D eigenvalue weighted by Crippen LogP contribution is 2.08. The van der Waals surface area contributed by atoms with Crippen LogP contribution in [0, 0.1) is 0 Å². The minimum Gasteiger partial charge on any atom is -0.352 e. The summed E-state index contributed by atoms with van der Waals surface area (Å²) in [4.78, 5) is 11.6. The first kappa shape index (κ1) is 16.4. The second-order valence-corrected chi connectivity index (χ2v) is 7.16. The van der Waals surface area contributed by atoms with Gasteiger partial charge in [0, 0.05) is 18.9 Å². The van der Waals surface area contributed by atoms with Crippen LogP contribution in [0.15, 0.2) is 42.0 Å². The van der Waals surface area contributed by atoms with Crippen molar-refractivity contribution in [2.45, 2.75) is 19.8 Å². The van der Waals surface area contributed by atoms with Crippen LogP contribution in [-0.4, -0.2) is 32.9 Å². The van der Waals surface area contributed by atoms with Gasteiger partial charge >= 0.3 is 0 Å². The number of hydrogen-bond acceptors (Lipinski definition) is 3. The maximum Gasteiger partial charge on any atom is 0.243 e. The lowest BCUT2D eigenvalue weighted by molar-refractivity contribution is -0.116. The van der Waals surface area contributed by atoms with Crippen molar-refractivity contribution in [1.82, 2.24) is 5.32 Å². The summed E-state index contributed by atoms with van der Waals surface area (Å²) in [6, 6.07) is 10.1. The summed E-state index contributed by atoms with van der Waals surface area (Å²) in [5, 5.41) is 2.57. The van der Waals surface area contributed by atoms with Crippen LogP contribution in [0.4, 0.5) is 0 Å². The van der Waals surface area contributed by atoms with Crippen molar-refractivity contribution in [3.05, 3.63) is 47.5 Å². The van der Waals surface area contributed by atoms with Gasteiger partial charge in [0.15, 0.2) is 0 Å². The van der Waals surface area contributed by atoms with Gasteiger partial charge in [-0.2, -0.15) is 0 Å². The molecule has 0 aliphatic rings. The van der Waals surface area contributed by atoms with E-state index in [0.29, 0.717) is 0 Å². The first-order chi connectivity index (χ1) is 9.37. The molecule has 1 rings (SSSR count). The van der Waals surface area contributed by atoms with Crippen LogP contribution < -0.4 is 5.32 Å². The number of amides is 1. The summed E-state index contributed by atoms with van der Waals surface area (Å²) < 4.78 is 21.9. The number of carbonyl (C=O) groups excluding carboxylic acids is 1. The van der Waals surface area contributed by atoms with Gasteiger partial charge in [-0.3, -0.25) is 4.79 Å². The van der Waals surface area contributed by atoms with E-state index in [1.54, 1.807) is 0 Å². The highest BCUT2D eigenvalue weighted by atomic mass is 32.2. The van der Waals surface area contributed by atoms with Crippen LogP contribution in [0.25, 0.3) is 0 Å². The van der Waals surface area contributed by atoms with Crippen molar-refractivity contribution in [2.24, 2.45) is 0 Å². The molecule has 110 valence electrons. The van der Waals surface area contributed by atoms with Gasteiger partial charge in [-0.25, -0.2) is 8.42 Å². The fourth-order valence-corrected chi connectivity index (χ4v) is 2.17. The zero-order chi connectivity index (χ0) is 15.0. The van der Waals surface area contributed by atoms with Crippen molar-refractivity contribution in [3.63, 3.8) is 0 Å². The number of benzene rings is 1. The first-order valence-corrected chi connectivity index (χ1v) is 8.59. The number of allylic oxidation sites excluding steroid dienone is 1. The SMILES string of the molecule is CC(=CC(=O)NCCS(C)(=O)=O)CCc1ccccc1. The fraction of sp³-hybridized carbons (Fsp3) is 0.400. The molecule has 20 heavy (non-hydrogen) atoms. The summed E-state index contributed by atoms with van der Waals surface area (Å²) >= 11 is 0. The molecule has 1 aromatic carbocycles. The first-order valence-electron chi connectivity index (χ1n) is 6.53. The lowest BCUT2D eigenvalue weighted by atomic mass is 10.1. The molecule has 1 N–H and O–H groups in total. The van der Waals surface area contributed by atoms with E-state index in [1.807, 2.05) is 25.1 Å². The van der Waals surface area contributed by atoms with Crippen LogP contribution in [0.3, 0.4) is 0 Å². The van der Waals surface area contributed by atoms with Gasteiger partial charge in [0.25, 0.3) is 0 Å². The van der Waals surface area contributed by atoms with E-state index in [2.05, 4.69) is 17.4 Å². The van der Waals surface area contributed by atoms with E-state index in [0.717, 1.165) is 24.7 Å². The molecule has 0 unspecified atom stereocenters. The smallest absolute Gasteiger partial charge is 0.243 e. The van der Waals surface area contributed by atoms with Crippen LogP contribution in [0.5, 0.6) is 0 Å². The van der Waals surface area contributed by atoms with Gasteiger partial charge < -0.3 is 5.32 Å². The van der Waals surface area contributed by atoms with Crippen molar-refractivity contribution in [3.8, 4) is 0 Å². The number of rotatable bonds is 7. The van der Waals surface area contributed by atoms with Crippen molar-refractivity contribution in [1.29, 1.82) is 0 Å². The number of hydrogen-bond donors (Lipinski definition) is 1. The molecule has 0 atom stereocenters. The molecule has 0 saturated heterocycles. The Hall–Kier alpha value is -1.62. The van der Waals surface area contributed by atoms with Gasteiger partial charge in [0.05, 0.1) is 5.75 Å². The predicted molar refractivity (Wildman–Crippen MR) is 81.2 cm³/mol. The molecular formula is C15H21NO3S. The van der Waals surface area contributed by atoms with E-state index >= 15 is 0 Å². The highest BCUT2D eigenvalue weighted by Gasteiger charge is 2.03. The summed E-state index contributed by atoms with van der Waals surface area (Å²) in [6.45, 7) is 2.05. The molecule has 0 radical (unpaired) electrons. The molecule has 0 heterocycles. The van der Waals surface area contributed by atoms with Gasteiger partial charge in [-0.1, -0.05) is 35.9 Å². The third kappa shape index (κ3) is 7.74. The molecule has 5 heteroatoms. The van der Waals surface area contributed by atoms with Crippen LogP contribution in [0.2, 0.25) is 0 Å². The Labute approximate surface area is 120 Å². The molecule has 0 aliphatic heterocycles. The zero-order valence-electron chi connectivity index (χ0n) is 11.9. The summed E-state index contributed by atoms with van der Waals surface area (Å²) in [5.74, 6) is -0.269. The maximum absolute atomic E-state index is 11.6. The van der Waals surface area contributed by atoms with E-state index in [1.165, 1.54) is 11.6 Å². The van der Waals surface area contributed by atoms with Gasteiger partial charge in [0.2, 0.25) is 5.91 Å². The average molecular weight is 295 g/mol. The molecule has 0 bridgehead atoms. The standard InChI is InChI=1S/C15H21NO3S/c1-13(8-9-14-6-4-3-5-7-14)12-15(17)16-10-11-20(2,18)19/h3-7,12H,8-11H2,1-2H3,(H,16,17). The molecular weight excluding hydrogens is 274 g/mol. The van der Waals surface area contributed by atoms with Crippen molar-refractivity contribution >= 4 is 15.7 Å². The lowest BCUT2D eigenvalue weighted by Crippen LogP contribution is -2.27. The Bertz CT molecular complexity index is 562. The van der Waals surface area contributed by atoms with Crippen LogP contribution in [0.1, 0.15) is 18.9 Å². The Morgan fingerprint density at radius 1 is 1.25 bits per heavy atom. The minimum atomic E-state index is -3.03. The topological polar surface area (TPSA) is 63.2 Å². The van der Waals surface area contributed by atoms with Gasteiger partial charge in [-0.05, 0) is 25.3 Å². The Kier molecular flexibility index (Phi) is 6.45. The Balaban J connectivity index is 2.35. The zero-order valence-corrected chi connectivity index (χ0v) is 12.7. The average Bonchev–Trinajstić information content (AvgIpc) is 2.36. The molecule has 1 amide bonds. The minimum absolute atomic E-state index is 0.0321. The van der Waals surface area contributed by atoms with Crippen molar-refractivity contribution < 1.29 is 13.2 Å². The fourth-order valence-electron chi connectivity index (χ4n) is 1.69. The molecule has 0 saturated carbocycles. The highest BCUT2D eigenvalue weighted by molar-refractivity contribution is 7.90. The molecule has 0 fully saturated rings. The number of carbonyl (C=O) groups is 1. The quantitative estimate of drug-likeness (QED) is 0.779. The van der Waals surface area contributed by atoms with Crippen molar-refractivity contribution in [2.75, 3.05) is 18.6 Å². The summed E-state index contributed by atoms with van der Waals surface area (Å²) in [6.07, 6.45) is 4.38. The third-order valence-corrected chi connectivity index (χ3v) is 3.75. The molecule has 0 spiro atoms. The molecule has 0 aromatic heterocycles. The third-order valence-electron chi connectivity index (χ3n) is 2.80. The monoisotopic (exact) mass is 295 g/mol. The second kappa shape index (κ2) is 7.85. The van der Waals surface area contributed by atoms with E-state index in [4.69, 9.17) is 0 Å². The predicted octanol–water partition coefficient (Wildman–Crippen LogP) is 1.73. The van der Waals surface area contributed by atoms with E-state index < -0.39 is 9.84 Å². The molecule has 0 aliphatic carbocycles. The molecule has 4 nitrogen and oxygen atoms in total. The largest absolute Gasteiger partial charge is 0.352 e.